The molecular weight excluding hydrogens is 371 g/mol. The first kappa shape index (κ1) is 18.8. The van der Waals surface area contributed by atoms with Gasteiger partial charge in [-0.2, -0.15) is 0 Å². The van der Waals surface area contributed by atoms with Crippen molar-refractivity contribution >= 4 is 34.4 Å². The summed E-state index contributed by atoms with van der Waals surface area (Å²) in [5, 5.41) is 3.90. The monoisotopic (exact) mass is 388 g/mol. The summed E-state index contributed by atoms with van der Waals surface area (Å²) < 4.78 is 13.1. The van der Waals surface area contributed by atoms with Gasteiger partial charge < -0.3 is 15.2 Å². The number of hydrogen-bond acceptors (Lipinski definition) is 3. The van der Waals surface area contributed by atoms with E-state index in [9.17, 15) is 14.0 Å². The highest BCUT2D eigenvalue weighted by molar-refractivity contribution is 6.31. The number of hydrogen-bond donors (Lipinski definition) is 2. The Morgan fingerprint density at radius 1 is 1.26 bits per heavy atom. The topological polar surface area (TPSA) is 78.1 Å². The zero-order chi connectivity index (χ0) is 19.6. The molecule has 140 valence electrons. The maximum atomic E-state index is 13.1. The molecule has 1 atom stereocenters. The Morgan fingerprint density at radius 3 is 2.63 bits per heavy atom. The highest BCUT2D eigenvalue weighted by Crippen LogP contribution is 2.18. The van der Waals surface area contributed by atoms with Crippen LogP contribution < -0.4 is 5.32 Å². The van der Waals surface area contributed by atoms with Gasteiger partial charge in [-0.3, -0.25) is 9.59 Å². The summed E-state index contributed by atoms with van der Waals surface area (Å²) in [5.41, 5.74) is 1.54. The van der Waals surface area contributed by atoms with Crippen LogP contribution in [0.1, 0.15) is 16.1 Å². The molecule has 0 saturated heterocycles. The van der Waals surface area contributed by atoms with Crippen LogP contribution in [-0.4, -0.2) is 46.8 Å². The SMILES string of the molecule is CN(C)C(=O)[C@H](Cc1ccc(F)cc1)NC(=O)c1cc2cc(Cl)cnc2[nH]1. The summed E-state index contributed by atoms with van der Waals surface area (Å²) in [6.45, 7) is 0. The molecule has 0 aliphatic rings. The van der Waals surface area contributed by atoms with Crippen molar-refractivity contribution in [2.45, 2.75) is 12.5 Å². The van der Waals surface area contributed by atoms with Crippen LogP contribution in [0, 0.1) is 5.82 Å². The van der Waals surface area contributed by atoms with E-state index in [4.69, 9.17) is 11.6 Å². The lowest BCUT2D eigenvalue weighted by Crippen LogP contribution is -2.47. The predicted octanol–water partition coefficient (Wildman–Crippen LogP) is 2.78. The molecule has 3 aromatic rings. The molecule has 6 nitrogen and oxygen atoms in total. The number of benzene rings is 1. The van der Waals surface area contributed by atoms with Crippen LogP contribution in [-0.2, 0) is 11.2 Å². The minimum atomic E-state index is -0.791. The highest BCUT2D eigenvalue weighted by Gasteiger charge is 2.24. The Labute approximate surface area is 160 Å². The van der Waals surface area contributed by atoms with Crippen molar-refractivity contribution in [1.29, 1.82) is 0 Å². The molecule has 0 fully saturated rings. The first-order valence-corrected chi connectivity index (χ1v) is 8.62. The van der Waals surface area contributed by atoms with Gasteiger partial charge in [0.05, 0.1) is 5.02 Å². The van der Waals surface area contributed by atoms with Crippen molar-refractivity contribution in [2.75, 3.05) is 14.1 Å². The molecule has 2 aromatic heterocycles. The quantitative estimate of drug-likeness (QED) is 0.705. The van der Waals surface area contributed by atoms with Crippen LogP contribution in [0.25, 0.3) is 11.0 Å². The molecule has 0 bridgehead atoms. The third-order valence-corrected chi connectivity index (χ3v) is 4.29. The van der Waals surface area contributed by atoms with Crippen molar-refractivity contribution in [3.63, 3.8) is 0 Å². The first-order valence-electron chi connectivity index (χ1n) is 8.24. The standard InChI is InChI=1S/C19H18ClFN4O2/c1-25(2)19(27)16(7-11-3-5-14(21)6-4-11)24-18(26)15-9-12-8-13(20)10-22-17(12)23-15/h3-6,8-10,16H,7H2,1-2H3,(H,22,23)(H,24,26)/t16-/m0/s1. The zero-order valence-electron chi connectivity index (χ0n) is 14.8. The molecule has 1 aromatic carbocycles. The molecule has 0 aliphatic heterocycles. The minimum Gasteiger partial charge on any atom is -0.347 e. The van der Waals surface area contributed by atoms with Crippen molar-refractivity contribution in [2.24, 2.45) is 0 Å². The molecular formula is C19H18ClFN4O2. The van der Waals surface area contributed by atoms with E-state index in [-0.39, 0.29) is 23.8 Å². The number of nitrogens with zero attached hydrogens (tertiary/aromatic N) is 2. The predicted molar refractivity (Wildman–Crippen MR) is 101 cm³/mol. The van der Waals surface area contributed by atoms with Crippen molar-refractivity contribution in [3.05, 3.63) is 64.7 Å². The van der Waals surface area contributed by atoms with Gasteiger partial charge in [-0.05, 0) is 29.8 Å². The average molecular weight is 389 g/mol. The number of carbonyl (C=O) groups is 2. The first-order chi connectivity index (χ1) is 12.8. The van der Waals surface area contributed by atoms with Crippen LogP contribution in [0.4, 0.5) is 4.39 Å². The van der Waals surface area contributed by atoms with Gasteiger partial charge in [-0.15, -0.1) is 0 Å². The van der Waals surface area contributed by atoms with Gasteiger partial charge in [0.25, 0.3) is 5.91 Å². The molecule has 2 N–H and O–H groups in total. The summed E-state index contributed by atoms with van der Waals surface area (Å²) in [5.74, 6) is -1.06. The van der Waals surface area contributed by atoms with E-state index >= 15 is 0 Å². The normalized spacial score (nSPS) is 12.0. The summed E-state index contributed by atoms with van der Waals surface area (Å²) in [7, 11) is 3.22. The Hall–Kier alpha value is -2.93. The molecule has 2 heterocycles. The Morgan fingerprint density at radius 2 is 1.96 bits per heavy atom. The van der Waals surface area contributed by atoms with Gasteiger partial charge in [-0.1, -0.05) is 23.7 Å². The van der Waals surface area contributed by atoms with Gasteiger partial charge in [0.15, 0.2) is 0 Å². The lowest BCUT2D eigenvalue weighted by Gasteiger charge is -2.21. The molecule has 3 rings (SSSR count). The second-order valence-corrected chi connectivity index (χ2v) is 6.80. The Kier molecular flexibility index (Phi) is 5.41. The average Bonchev–Trinajstić information content (AvgIpc) is 3.05. The number of pyridine rings is 1. The molecule has 2 amide bonds. The van der Waals surface area contributed by atoms with Gasteiger partial charge in [-0.25, -0.2) is 9.37 Å². The number of rotatable bonds is 5. The number of carbonyl (C=O) groups excluding carboxylic acids is 2. The third kappa shape index (κ3) is 4.43. The van der Waals surface area contributed by atoms with E-state index in [0.29, 0.717) is 16.1 Å². The largest absolute Gasteiger partial charge is 0.347 e. The van der Waals surface area contributed by atoms with Crippen molar-refractivity contribution in [1.82, 2.24) is 20.2 Å². The fourth-order valence-electron chi connectivity index (χ4n) is 2.71. The number of likely N-dealkylation sites (N-methyl/N-ethyl adjacent to an activating group) is 1. The second-order valence-electron chi connectivity index (χ2n) is 6.36. The second kappa shape index (κ2) is 7.75. The summed E-state index contributed by atoms with van der Waals surface area (Å²) in [4.78, 5) is 33.6. The number of aromatic amines is 1. The number of amides is 2. The van der Waals surface area contributed by atoms with Gasteiger partial charge in [0.1, 0.15) is 23.2 Å². The van der Waals surface area contributed by atoms with Gasteiger partial charge in [0.2, 0.25) is 5.91 Å². The number of halogens is 2. The lowest BCUT2D eigenvalue weighted by molar-refractivity contribution is -0.130. The maximum Gasteiger partial charge on any atom is 0.268 e. The maximum absolute atomic E-state index is 13.1. The van der Waals surface area contributed by atoms with Crippen LogP contribution in [0.5, 0.6) is 0 Å². The van der Waals surface area contributed by atoms with E-state index in [1.54, 1.807) is 38.4 Å². The minimum absolute atomic E-state index is 0.243. The molecule has 0 aliphatic carbocycles. The Bertz CT molecular complexity index is 985. The number of H-pyrrole nitrogens is 1. The molecule has 0 saturated carbocycles. The molecule has 0 radical (unpaired) electrons. The fourth-order valence-corrected chi connectivity index (χ4v) is 2.88. The van der Waals surface area contributed by atoms with Gasteiger partial charge >= 0.3 is 0 Å². The van der Waals surface area contributed by atoms with E-state index in [0.717, 1.165) is 5.56 Å². The number of aromatic nitrogens is 2. The van der Waals surface area contributed by atoms with E-state index < -0.39 is 11.9 Å². The van der Waals surface area contributed by atoms with E-state index in [1.165, 1.54) is 23.2 Å². The summed E-state index contributed by atoms with van der Waals surface area (Å²) in [6.07, 6.45) is 1.72. The molecule has 0 spiro atoms. The molecule has 27 heavy (non-hydrogen) atoms. The highest BCUT2D eigenvalue weighted by atomic mass is 35.5. The number of nitrogens with one attached hydrogen (secondary N) is 2. The van der Waals surface area contributed by atoms with Crippen LogP contribution >= 0.6 is 11.6 Å². The lowest BCUT2D eigenvalue weighted by atomic mass is 10.0. The van der Waals surface area contributed by atoms with Crippen molar-refractivity contribution < 1.29 is 14.0 Å². The molecule has 0 unspecified atom stereocenters. The third-order valence-electron chi connectivity index (χ3n) is 4.08. The van der Waals surface area contributed by atoms with E-state index in [1.807, 2.05) is 0 Å². The smallest absolute Gasteiger partial charge is 0.268 e. The van der Waals surface area contributed by atoms with Crippen molar-refractivity contribution in [3.8, 4) is 0 Å². The van der Waals surface area contributed by atoms with E-state index in [2.05, 4.69) is 15.3 Å². The fraction of sp³-hybridized carbons (Fsp3) is 0.211. The summed E-state index contributed by atoms with van der Waals surface area (Å²) >= 11 is 5.92. The summed E-state index contributed by atoms with van der Waals surface area (Å²) in [6, 6.07) is 8.35. The zero-order valence-corrected chi connectivity index (χ0v) is 15.5. The van der Waals surface area contributed by atoms with Crippen LogP contribution in [0.3, 0.4) is 0 Å². The Balaban J connectivity index is 1.82. The van der Waals surface area contributed by atoms with Gasteiger partial charge in [0, 0.05) is 32.1 Å². The number of fused-ring (bicyclic) bond motifs is 1. The molecule has 8 heteroatoms. The van der Waals surface area contributed by atoms with Crippen LogP contribution in [0.2, 0.25) is 5.02 Å². The van der Waals surface area contributed by atoms with Crippen LogP contribution in [0.15, 0.2) is 42.6 Å².